The molecule has 136 valence electrons. The smallest absolute Gasteiger partial charge is 0.253 e. The first-order valence-corrected chi connectivity index (χ1v) is 9.26. The second-order valence-corrected chi connectivity index (χ2v) is 7.25. The molecule has 0 aromatic heterocycles. The number of piperidine rings is 1. The number of carbonyl (C=O) groups excluding carboxylic acids is 2. The highest BCUT2D eigenvalue weighted by Crippen LogP contribution is 2.18. The molecule has 2 aromatic rings. The van der Waals surface area contributed by atoms with Gasteiger partial charge in [-0.1, -0.05) is 36.8 Å². The van der Waals surface area contributed by atoms with Crippen LogP contribution in [0.1, 0.15) is 51.6 Å². The maximum atomic E-state index is 12.6. The van der Waals surface area contributed by atoms with E-state index in [9.17, 15) is 9.59 Å². The van der Waals surface area contributed by atoms with Gasteiger partial charge in [-0.05, 0) is 55.5 Å². The van der Waals surface area contributed by atoms with Crippen LogP contribution in [0.5, 0.6) is 0 Å². The van der Waals surface area contributed by atoms with Crippen molar-refractivity contribution in [3.8, 4) is 0 Å². The topological polar surface area (TPSA) is 49.4 Å². The minimum Gasteiger partial charge on any atom is -0.348 e. The summed E-state index contributed by atoms with van der Waals surface area (Å²) in [5, 5.41) is 2.93. The van der Waals surface area contributed by atoms with Crippen molar-refractivity contribution >= 4 is 11.8 Å². The second-order valence-electron chi connectivity index (χ2n) is 7.25. The molecule has 0 saturated carbocycles. The first-order valence-electron chi connectivity index (χ1n) is 9.26. The lowest BCUT2D eigenvalue weighted by Gasteiger charge is -2.31. The summed E-state index contributed by atoms with van der Waals surface area (Å²) in [5.74, 6) is 0.486. The molecule has 0 radical (unpaired) electrons. The lowest BCUT2D eigenvalue weighted by molar-refractivity contribution is 0.0682. The number of nitrogens with one attached hydrogen (secondary N) is 1. The Bertz CT molecular complexity index is 783. The zero-order chi connectivity index (χ0) is 18.5. The van der Waals surface area contributed by atoms with Gasteiger partial charge in [0.05, 0.1) is 0 Å². The van der Waals surface area contributed by atoms with E-state index in [1.54, 1.807) is 24.3 Å². The van der Waals surface area contributed by atoms with Gasteiger partial charge in [0, 0.05) is 30.8 Å². The Kier molecular flexibility index (Phi) is 5.71. The Morgan fingerprint density at radius 3 is 2.54 bits per heavy atom. The number of carbonyl (C=O) groups is 2. The molecule has 4 nitrogen and oxygen atoms in total. The van der Waals surface area contributed by atoms with E-state index in [0.717, 1.165) is 25.1 Å². The van der Waals surface area contributed by atoms with E-state index in [4.69, 9.17) is 0 Å². The van der Waals surface area contributed by atoms with Crippen LogP contribution >= 0.6 is 0 Å². The van der Waals surface area contributed by atoms with Crippen LogP contribution in [0.4, 0.5) is 0 Å². The van der Waals surface area contributed by atoms with Gasteiger partial charge >= 0.3 is 0 Å². The first-order chi connectivity index (χ1) is 12.5. The van der Waals surface area contributed by atoms with Crippen LogP contribution in [0.2, 0.25) is 0 Å². The molecular weight excluding hydrogens is 324 g/mol. The van der Waals surface area contributed by atoms with Crippen molar-refractivity contribution in [3.05, 3.63) is 70.8 Å². The number of benzene rings is 2. The molecule has 1 atom stereocenters. The number of amides is 2. The Morgan fingerprint density at radius 1 is 1.12 bits per heavy atom. The van der Waals surface area contributed by atoms with E-state index in [0.29, 0.717) is 23.6 Å². The fourth-order valence-electron chi connectivity index (χ4n) is 3.43. The Balaban J connectivity index is 1.59. The van der Waals surface area contributed by atoms with E-state index in [-0.39, 0.29) is 11.8 Å². The third-order valence-corrected chi connectivity index (χ3v) is 4.87. The van der Waals surface area contributed by atoms with Crippen LogP contribution in [-0.4, -0.2) is 29.8 Å². The van der Waals surface area contributed by atoms with Crippen molar-refractivity contribution < 1.29 is 9.59 Å². The zero-order valence-corrected chi connectivity index (χ0v) is 15.5. The number of nitrogens with zero attached hydrogens (tertiary/aromatic N) is 1. The predicted molar refractivity (Wildman–Crippen MR) is 103 cm³/mol. The van der Waals surface area contributed by atoms with E-state index in [2.05, 4.69) is 18.3 Å². The number of rotatable bonds is 4. The molecule has 0 bridgehead atoms. The van der Waals surface area contributed by atoms with Crippen molar-refractivity contribution in [1.29, 1.82) is 0 Å². The van der Waals surface area contributed by atoms with Crippen molar-refractivity contribution in [1.82, 2.24) is 10.2 Å². The molecule has 26 heavy (non-hydrogen) atoms. The monoisotopic (exact) mass is 350 g/mol. The van der Waals surface area contributed by atoms with Gasteiger partial charge in [-0.25, -0.2) is 0 Å². The van der Waals surface area contributed by atoms with Gasteiger partial charge in [0.2, 0.25) is 0 Å². The summed E-state index contributed by atoms with van der Waals surface area (Å²) in [5.41, 5.74) is 3.46. The number of hydrogen-bond acceptors (Lipinski definition) is 2. The summed E-state index contributed by atoms with van der Waals surface area (Å²) in [6, 6.07) is 15.0. The molecule has 0 spiro atoms. The van der Waals surface area contributed by atoms with Crippen LogP contribution in [-0.2, 0) is 6.54 Å². The SMILES string of the molecule is Cc1cccc(CNC(=O)c2ccc(C(=O)N3CCC[C@H](C)C3)cc2)c1. The Labute approximate surface area is 155 Å². The maximum absolute atomic E-state index is 12.6. The van der Waals surface area contributed by atoms with Gasteiger partial charge < -0.3 is 10.2 Å². The van der Waals surface area contributed by atoms with Gasteiger partial charge in [0.15, 0.2) is 0 Å². The zero-order valence-electron chi connectivity index (χ0n) is 15.5. The van der Waals surface area contributed by atoms with E-state index >= 15 is 0 Å². The van der Waals surface area contributed by atoms with Gasteiger partial charge in [-0.15, -0.1) is 0 Å². The highest BCUT2D eigenvalue weighted by Gasteiger charge is 2.22. The number of hydrogen-bond donors (Lipinski definition) is 1. The lowest BCUT2D eigenvalue weighted by Crippen LogP contribution is -2.39. The van der Waals surface area contributed by atoms with Crippen LogP contribution in [0.3, 0.4) is 0 Å². The second kappa shape index (κ2) is 8.17. The quantitative estimate of drug-likeness (QED) is 0.912. The fraction of sp³-hybridized carbons (Fsp3) is 0.364. The van der Waals surface area contributed by atoms with Crippen LogP contribution in [0, 0.1) is 12.8 Å². The summed E-state index contributed by atoms with van der Waals surface area (Å²) in [6.45, 7) is 6.34. The van der Waals surface area contributed by atoms with Gasteiger partial charge in [0.25, 0.3) is 11.8 Å². The first kappa shape index (κ1) is 18.2. The molecule has 1 aliphatic rings. The summed E-state index contributed by atoms with van der Waals surface area (Å²) < 4.78 is 0. The highest BCUT2D eigenvalue weighted by atomic mass is 16.2. The molecule has 1 N–H and O–H groups in total. The summed E-state index contributed by atoms with van der Waals surface area (Å²) in [4.78, 5) is 26.8. The molecular formula is C22H26N2O2. The molecule has 1 saturated heterocycles. The molecule has 4 heteroatoms. The molecule has 2 amide bonds. The van der Waals surface area contributed by atoms with Crippen molar-refractivity contribution in [3.63, 3.8) is 0 Å². The Hall–Kier alpha value is -2.62. The van der Waals surface area contributed by atoms with E-state index in [1.165, 1.54) is 12.0 Å². The average molecular weight is 350 g/mol. The van der Waals surface area contributed by atoms with Crippen molar-refractivity contribution in [2.24, 2.45) is 5.92 Å². The normalized spacial score (nSPS) is 17.0. The summed E-state index contributed by atoms with van der Waals surface area (Å²) in [6.07, 6.45) is 2.25. The predicted octanol–water partition coefficient (Wildman–Crippen LogP) is 3.80. The van der Waals surface area contributed by atoms with Crippen molar-refractivity contribution in [2.75, 3.05) is 13.1 Å². The van der Waals surface area contributed by atoms with Gasteiger partial charge in [0.1, 0.15) is 0 Å². The summed E-state index contributed by atoms with van der Waals surface area (Å²) >= 11 is 0. The van der Waals surface area contributed by atoms with Crippen LogP contribution < -0.4 is 5.32 Å². The Morgan fingerprint density at radius 2 is 1.85 bits per heavy atom. The average Bonchev–Trinajstić information content (AvgIpc) is 2.66. The molecule has 0 unspecified atom stereocenters. The highest BCUT2D eigenvalue weighted by molar-refractivity contribution is 5.97. The standard InChI is InChI=1S/C22H26N2O2/c1-16-5-3-7-18(13-16)14-23-21(25)19-8-10-20(11-9-19)22(26)24-12-4-6-17(2)15-24/h3,5,7-11,13,17H,4,6,12,14-15H2,1-2H3,(H,23,25)/t17-/m0/s1. The third-order valence-electron chi connectivity index (χ3n) is 4.87. The molecule has 3 rings (SSSR count). The molecule has 1 heterocycles. The number of aryl methyl sites for hydroxylation is 1. The molecule has 1 fully saturated rings. The maximum Gasteiger partial charge on any atom is 0.253 e. The third kappa shape index (κ3) is 4.51. The summed E-state index contributed by atoms with van der Waals surface area (Å²) in [7, 11) is 0. The lowest BCUT2D eigenvalue weighted by atomic mass is 9.99. The van der Waals surface area contributed by atoms with Crippen LogP contribution in [0.15, 0.2) is 48.5 Å². The largest absolute Gasteiger partial charge is 0.348 e. The number of likely N-dealkylation sites (tertiary alicyclic amines) is 1. The van der Waals surface area contributed by atoms with E-state index in [1.807, 2.05) is 30.0 Å². The van der Waals surface area contributed by atoms with Gasteiger partial charge in [-0.2, -0.15) is 0 Å². The van der Waals surface area contributed by atoms with Crippen LogP contribution in [0.25, 0.3) is 0 Å². The fourth-order valence-corrected chi connectivity index (χ4v) is 3.43. The molecule has 2 aromatic carbocycles. The minimum absolute atomic E-state index is 0.0586. The van der Waals surface area contributed by atoms with Crippen molar-refractivity contribution in [2.45, 2.75) is 33.2 Å². The molecule has 0 aliphatic carbocycles. The molecule has 1 aliphatic heterocycles. The van der Waals surface area contributed by atoms with Gasteiger partial charge in [-0.3, -0.25) is 9.59 Å². The minimum atomic E-state index is -0.128. The van der Waals surface area contributed by atoms with E-state index < -0.39 is 0 Å².